The van der Waals surface area contributed by atoms with Gasteiger partial charge in [0.05, 0.1) is 11.6 Å². The molecule has 6 nitrogen and oxygen atoms in total. The predicted molar refractivity (Wildman–Crippen MR) is 101 cm³/mol. The molecule has 1 fully saturated rings. The zero-order chi connectivity index (χ0) is 21.4. The van der Waals surface area contributed by atoms with Crippen LogP contribution in [0.15, 0.2) is 29.3 Å². The second-order valence-corrected chi connectivity index (χ2v) is 9.22. The van der Waals surface area contributed by atoms with Crippen molar-refractivity contribution in [1.29, 1.82) is 0 Å². The van der Waals surface area contributed by atoms with Gasteiger partial charge in [0.25, 0.3) is 0 Å². The second kappa shape index (κ2) is 8.25. The molecule has 3 rings (SSSR count). The van der Waals surface area contributed by atoms with E-state index in [1.54, 1.807) is 6.92 Å². The van der Waals surface area contributed by atoms with Gasteiger partial charge >= 0.3 is 12.2 Å². The number of aromatic nitrogens is 2. The summed E-state index contributed by atoms with van der Waals surface area (Å²) in [5, 5.41) is 0.334. The van der Waals surface area contributed by atoms with E-state index in [0.29, 0.717) is 23.4 Å². The highest BCUT2D eigenvalue weighted by Crippen LogP contribution is 2.32. The Kier molecular flexibility index (Phi) is 6.28. The Bertz CT molecular complexity index is 1020. The molecule has 0 amide bonds. The highest BCUT2D eigenvalue weighted by molar-refractivity contribution is 7.89. The van der Waals surface area contributed by atoms with Crippen molar-refractivity contribution in [2.45, 2.75) is 36.9 Å². The summed E-state index contributed by atoms with van der Waals surface area (Å²) in [6.45, 7) is 1.81. The molecule has 1 aliphatic rings. The Morgan fingerprint density at radius 2 is 1.97 bits per heavy atom. The van der Waals surface area contributed by atoms with Gasteiger partial charge in [0.1, 0.15) is 11.0 Å². The van der Waals surface area contributed by atoms with Gasteiger partial charge in [-0.05, 0) is 43.5 Å². The fourth-order valence-electron chi connectivity index (χ4n) is 2.89. The van der Waals surface area contributed by atoms with E-state index in [1.165, 1.54) is 16.4 Å². The first-order chi connectivity index (χ1) is 13.5. The van der Waals surface area contributed by atoms with Crippen LogP contribution < -0.4 is 4.74 Å². The van der Waals surface area contributed by atoms with Crippen LogP contribution in [-0.2, 0) is 16.2 Å². The van der Waals surface area contributed by atoms with Crippen molar-refractivity contribution in [3.05, 3.63) is 45.7 Å². The lowest BCUT2D eigenvalue weighted by Crippen LogP contribution is -2.44. The standard InChI is InChI=1S/C17H16Cl2F3N3O3S/c1-10-7-14(13(19)8-12(10)18)29(26,27)25-6-2-3-11(9-25)28-16-23-5-4-15(24-16)17(20,21)22/h4-5,7-8,11H,2-3,6,9H2,1H3. The topological polar surface area (TPSA) is 72.4 Å². The van der Waals surface area contributed by atoms with E-state index >= 15 is 0 Å². The van der Waals surface area contributed by atoms with Crippen molar-refractivity contribution in [3.8, 4) is 6.01 Å². The lowest BCUT2D eigenvalue weighted by atomic mass is 10.1. The lowest BCUT2D eigenvalue weighted by molar-refractivity contribution is -0.141. The minimum absolute atomic E-state index is 0.00939. The molecule has 1 aromatic carbocycles. The van der Waals surface area contributed by atoms with Crippen molar-refractivity contribution >= 4 is 33.2 Å². The van der Waals surface area contributed by atoms with Gasteiger partial charge in [-0.25, -0.2) is 13.4 Å². The molecule has 29 heavy (non-hydrogen) atoms. The third-order valence-corrected chi connectivity index (χ3v) is 7.10. The molecule has 1 aliphatic heterocycles. The Hall–Kier alpha value is -1.62. The van der Waals surface area contributed by atoms with Gasteiger partial charge in [-0.3, -0.25) is 0 Å². The van der Waals surface area contributed by atoms with Gasteiger partial charge in [0.2, 0.25) is 10.0 Å². The maximum absolute atomic E-state index is 13.0. The first kappa shape index (κ1) is 22.1. The molecule has 0 saturated carbocycles. The smallest absolute Gasteiger partial charge is 0.433 e. The molecule has 1 saturated heterocycles. The average molecular weight is 470 g/mol. The number of aryl methyl sites for hydroxylation is 1. The van der Waals surface area contributed by atoms with Crippen molar-refractivity contribution in [3.63, 3.8) is 0 Å². The van der Waals surface area contributed by atoms with Gasteiger partial charge < -0.3 is 4.74 Å². The van der Waals surface area contributed by atoms with E-state index in [4.69, 9.17) is 27.9 Å². The lowest BCUT2D eigenvalue weighted by Gasteiger charge is -2.31. The summed E-state index contributed by atoms with van der Waals surface area (Å²) < 4.78 is 71.1. The SMILES string of the molecule is Cc1cc(S(=O)(=O)N2CCCC(Oc3nccc(C(F)(F)F)n3)C2)c(Cl)cc1Cl. The molecule has 0 spiro atoms. The number of hydrogen-bond donors (Lipinski definition) is 0. The molecular formula is C17H16Cl2F3N3O3S. The number of halogens is 5. The quantitative estimate of drug-likeness (QED) is 0.665. The van der Waals surface area contributed by atoms with Crippen LogP contribution in [0.2, 0.25) is 10.0 Å². The summed E-state index contributed by atoms with van der Waals surface area (Å²) in [5.41, 5.74) is -0.581. The second-order valence-electron chi connectivity index (χ2n) is 6.50. The van der Waals surface area contributed by atoms with Crippen LogP contribution >= 0.6 is 23.2 Å². The number of ether oxygens (including phenoxy) is 1. The fraction of sp³-hybridized carbons (Fsp3) is 0.412. The zero-order valence-electron chi connectivity index (χ0n) is 15.1. The first-order valence-electron chi connectivity index (χ1n) is 8.51. The largest absolute Gasteiger partial charge is 0.459 e. The normalized spacial score (nSPS) is 18.6. The predicted octanol–water partition coefficient (Wildman–Crippen LogP) is 4.34. The van der Waals surface area contributed by atoms with E-state index in [0.717, 1.165) is 12.3 Å². The monoisotopic (exact) mass is 469 g/mol. The molecule has 2 heterocycles. The molecule has 2 aromatic rings. The van der Waals surface area contributed by atoms with Crippen LogP contribution in [0.4, 0.5) is 13.2 Å². The van der Waals surface area contributed by atoms with Gasteiger partial charge in [-0.2, -0.15) is 22.5 Å². The van der Waals surface area contributed by atoms with E-state index < -0.39 is 34.0 Å². The molecule has 12 heteroatoms. The molecule has 0 bridgehead atoms. The molecule has 0 aliphatic carbocycles. The van der Waals surface area contributed by atoms with E-state index in [1.807, 2.05) is 0 Å². The third-order valence-electron chi connectivity index (χ3n) is 4.37. The van der Waals surface area contributed by atoms with Crippen LogP contribution in [-0.4, -0.2) is 41.9 Å². The summed E-state index contributed by atoms with van der Waals surface area (Å²) in [4.78, 5) is 6.96. The van der Waals surface area contributed by atoms with Crippen molar-refractivity contribution in [2.75, 3.05) is 13.1 Å². The van der Waals surface area contributed by atoms with E-state index in [2.05, 4.69) is 9.97 Å². The highest BCUT2D eigenvalue weighted by Gasteiger charge is 2.35. The Balaban J connectivity index is 1.80. The van der Waals surface area contributed by atoms with Crippen LogP contribution in [0.25, 0.3) is 0 Å². The van der Waals surface area contributed by atoms with Crippen LogP contribution in [0.5, 0.6) is 6.01 Å². The van der Waals surface area contributed by atoms with Gasteiger partial charge in [-0.1, -0.05) is 23.2 Å². The summed E-state index contributed by atoms with van der Waals surface area (Å²) in [7, 11) is -3.95. The zero-order valence-corrected chi connectivity index (χ0v) is 17.4. The van der Waals surface area contributed by atoms with E-state index in [9.17, 15) is 21.6 Å². The maximum Gasteiger partial charge on any atom is 0.433 e. The number of hydrogen-bond acceptors (Lipinski definition) is 5. The Morgan fingerprint density at radius 3 is 2.66 bits per heavy atom. The van der Waals surface area contributed by atoms with Gasteiger partial charge in [0, 0.05) is 17.8 Å². The minimum atomic E-state index is -4.63. The number of alkyl halides is 3. The third kappa shape index (κ3) is 4.93. The van der Waals surface area contributed by atoms with Crippen LogP contribution in [0, 0.1) is 6.92 Å². The summed E-state index contributed by atoms with van der Waals surface area (Å²) in [6.07, 6.45) is -3.49. The molecule has 158 valence electrons. The highest BCUT2D eigenvalue weighted by atomic mass is 35.5. The van der Waals surface area contributed by atoms with Crippen LogP contribution in [0.3, 0.4) is 0 Å². The number of sulfonamides is 1. The number of piperidine rings is 1. The molecular weight excluding hydrogens is 454 g/mol. The maximum atomic E-state index is 13.0. The summed E-state index contributed by atoms with van der Waals surface area (Å²) >= 11 is 12.1. The average Bonchev–Trinajstić information content (AvgIpc) is 2.64. The molecule has 1 atom stereocenters. The minimum Gasteiger partial charge on any atom is -0.459 e. The molecule has 0 radical (unpaired) electrons. The van der Waals surface area contributed by atoms with Gasteiger partial charge in [0.15, 0.2) is 5.69 Å². The Morgan fingerprint density at radius 1 is 1.24 bits per heavy atom. The van der Waals surface area contributed by atoms with Crippen molar-refractivity contribution in [1.82, 2.24) is 14.3 Å². The first-order valence-corrected chi connectivity index (χ1v) is 10.7. The van der Waals surface area contributed by atoms with Crippen LogP contribution in [0.1, 0.15) is 24.1 Å². The molecule has 1 unspecified atom stereocenters. The summed E-state index contributed by atoms with van der Waals surface area (Å²) in [6, 6.07) is 3.03. The molecule has 0 N–H and O–H groups in total. The van der Waals surface area contributed by atoms with Gasteiger partial charge in [-0.15, -0.1) is 0 Å². The van der Waals surface area contributed by atoms with Crippen molar-refractivity contribution < 1.29 is 26.3 Å². The van der Waals surface area contributed by atoms with Crippen molar-refractivity contribution in [2.24, 2.45) is 0 Å². The fourth-order valence-corrected chi connectivity index (χ4v) is 5.21. The number of nitrogens with zero attached hydrogens (tertiary/aromatic N) is 3. The Labute approximate surface area is 175 Å². The number of rotatable bonds is 4. The van der Waals surface area contributed by atoms with E-state index in [-0.39, 0.29) is 23.0 Å². The molecule has 1 aromatic heterocycles. The number of benzene rings is 1. The summed E-state index contributed by atoms with van der Waals surface area (Å²) in [5.74, 6) is 0.